The quantitative estimate of drug-likeness (QED) is 0.337. The van der Waals surface area contributed by atoms with E-state index in [9.17, 15) is 19.2 Å². The summed E-state index contributed by atoms with van der Waals surface area (Å²) in [5, 5.41) is 0. The number of benzene rings is 3. The molecule has 2 aliphatic rings. The Labute approximate surface area is 196 Å². The maximum atomic E-state index is 12.8. The lowest BCUT2D eigenvalue weighted by Gasteiger charge is -2.18. The van der Waals surface area contributed by atoms with Crippen molar-refractivity contribution in [2.45, 2.75) is 20.3 Å². The molecule has 5 rings (SSSR count). The molecule has 34 heavy (non-hydrogen) atoms. The number of carbonyl (C=O) groups is 4. The fourth-order valence-electron chi connectivity index (χ4n) is 4.39. The number of nitrogens with zero attached hydrogens (tertiary/aromatic N) is 2. The molecular formula is C27H22N2O5. The lowest BCUT2D eigenvalue weighted by molar-refractivity contribution is -0.139. The Morgan fingerprint density at radius 3 is 2.15 bits per heavy atom. The van der Waals surface area contributed by atoms with E-state index in [0.717, 1.165) is 16.2 Å². The van der Waals surface area contributed by atoms with Gasteiger partial charge in [-0.1, -0.05) is 29.8 Å². The summed E-state index contributed by atoms with van der Waals surface area (Å²) in [5.41, 5.74) is 3.63. The first-order chi connectivity index (χ1) is 16.3. The van der Waals surface area contributed by atoms with Gasteiger partial charge in [-0.25, -0.2) is 4.90 Å². The van der Waals surface area contributed by atoms with Crippen molar-refractivity contribution in [2.75, 3.05) is 16.3 Å². The molecule has 170 valence electrons. The Kier molecular flexibility index (Phi) is 5.24. The minimum absolute atomic E-state index is 0.0822. The smallest absolute Gasteiger partial charge is 0.316 e. The van der Waals surface area contributed by atoms with Gasteiger partial charge >= 0.3 is 5.97 Å². The highest BCUT2D eigenvalue weighted by Crippen LogP contribution is 2.33. The molecule has 1 atom stereocenters. The standard InChI is InChI=1S/C27H22N2O5/c1-16-7-9-19(10-8-16)28-15-18(14-24(28)30)27(33)34-20-11-12-23(17(2)13-20)29-25(31)21-5-3-4-6-22(21)26(29)32/h3-13,18H,14-15H2,1-2H3/t18-/m0/s1. The van der Waals surface area contributed by atoms with Crippen molar-refractivity contribution in [1.82, 2.24) is 0 Å². The van der Waals surface area contributed by atoms with Crippen molar-refractivity contribution in [3.63, 3.8) is 0 Å². The minimum atomic E-state index is -0.579. The van der Waals surface area contributed by atoms with E-state index in [-0.39, 0.29) is 30.7 Å². The van der Waals surface area contributed by atoms with Crippen LogP contribution in [0.2, 0.25) is 0 Å². The first kappa shape index (κ1) is 21.6. The number of ether oxygens (including phenoxy) is 1. The fraction of sp³-hybridized carbons (Fsp3) is 0.185. The van der Waals surface area contributed by atoms with Crippen LogP contribution in [0.4, 0.5) is 11.4 Å². The van der Waals surface area contributed by atoms with Gasteiger partial charge in [0.2, 0.25) is 5.91 Å². The van der Waals surface area contributed by atoms with Crippen LogP contribution in [0, 0.1) is 19.8 Å². The number of amides is 3. The lowest BCUT2D eigenvalue weighted by atomic mass is 10.1. The second kappa shape index (κ2) is 8.26. The van der Waals surface area contributed by atoms with E-state index in [2.05, 4.69) is 0 Å². The number of hydrogen-bond donors (Lipinski definition) is 0. The Hall–Kier alpha value is -4.26. The van der Waals surface area contributed by atoms with Crippen LogP contribution in [0.3, 0.4) is 0 Å². The molecule has 0 aliphatic carbocycles. The number of fused-ring (bicyclic) bond motifs is 1. The molecule has 0 N–H and O–H groups in total. The topological polar surface area (TPSA) is 84.0 Å². The zero-order chi connectivity index (χ0) is 24.0. The maximum Gasteiger partial charge on any atom is 0.316 e. The summed E-state index contributed by atoms with van der Waals surface area (Å²) < 4.78 is 5.56. The number of anilines is 2. The molecule has 1 saturated heterocycles. The van der Waals surface area contributed by atoms with Crippen LogP contribution in [0.15, 0.2) is 66.7 Å². The number of esters is 1. The molecule has 7 heteroatoms. The Morgan fingerprint density at radius 2 is 1.53 bits per heavy atom. The van der Waals surface area contributed by atoms with Gasteiger partial charge in [0, 0.05) is 18.7 Å². The molecule has 0 spiro atoms. The Bertz CT molecular complexity index is 1310. The van der Waals surface area contributed by atoms with Gasteiger partial charge in [-0.05, 0) is 61.9 Å². The van der Waals surface area contributed by atoms with E-state index in [1.54, 1.807) is 54.3 Å². The summed E-state index contributed by atoms with van der Waals surface area (Å²) in [4.78, 5) is 53.5. The number of hydrogen-bond acceptors (Lipinski definition) is 5. The highest BCUT2D eigenvalue weighted by atomic mass is 16.5. The normalized spacial score (nSPS) is 17.4. The molecule has 7 nitrogen and oxygen atoms in total. The van der Waals surface area contributed by atoms with Gasteiger partial charge in [-0.2, -0.15) is 0 Å². The van der Waals surface area contributed by atoms with Gasteiger partial charge in [0.15, 0.2) is 0 Å². The highest BCUT2D eigenvalue weighted by molar-refractivity contribution is 6.34. The molecular weight excluding hydrogens is 432 g/mol. The lowest BCUT2D eigenvalue weighted by Crippen LogP contribution is -2.30. The van der Waals surface area contributed by atoms with Crippen LogP contribution in [0.5, 0.6) is 5.75 Å². The van der Waals surface area contributed by atoms with Crippen molar-refractivity contribution in [3.05, 3.63) is 89.0 Å². The highest BCUT2D eigenvalue weighted by Gasteiger charge is 2.38. The summed E-state index contributed by atoms with van der Waals surface area (Å²) >= 11 is 0. The third kappa shape index (κ3) is 3.65. The number of aryl methyl sites for hydroxylation is 2. The van der Waals surface area contributed by atoms with E-state index in [1.165, 1.54) is 0 Å². The van der Waals surface area contributed by atoms with Crippen LogP contribution >= 0.6 is 0 Å². The second-order valence-electron chi connectivity index (χ2n) is 8.60. The first-order valence-electron chi connectivity index (χ1n) is 11.0. The summed E-state index contributed by atoms with van der Waals surface area (Å²) in [6, 6.07) is 19.0. The van der Waals surface area contributed by atoms with Crippen molar-refractivity contribution >= 4 is 35.1 Å². The SMILES string of the molecule is Cc1ccc(N2C[C@@H](C(=O)Oc3ccc(N4C(=O)c5ccccc5C4=O)c(C)c3)CC2=O)cc1. The predicted octanol–water partition coefficient (Wildman–Crippen LogP) is 4.06. The van der Waals surface area contributed by atoms with Gasteiger partial charge in [0.1, 0.15) is 5.75 Å². The third-order valence-corrected chi connectivity index (χ3v) is 6.23. The molecule has 0 saturated carbocycles. The van der Waals surface area contributed by atoms with Crippen LogP contribution < -0.4 is 14.5 Å². The van der Waals surface area contributed by atoms with Crippen LogP contribution in [-0.2, 0) is 9.59 Å². The van der Waals surface area contributed by atoms with E-state index in [1.807, 2.05) is 31.2 Å². The first-order valence-corrected chi connectivity index (χ1v) is 11.0. The molecule has 0 aromatic heterocycles. The van der Waals surface area contributed by atoms with Crippen LogP contribution in [0.25, 0.3) is 0 Å². The molecule has 2 heterocycles. The molecule has 2 aliphatic heterocycles. The van der Waals surface area contributed by atoms with E-state index in [0.29, 0.717) is 28.1 Å². The molecule has 0 radical (unpaired) electrons. The molecule has 3 aromatic carbocycles. The fourth-order valence-corrected chi connectivity index (χ4v) is 4.39. The number of rotatable bonds is 4. The zero-order valence-electron chi connectivity index (χ0n) is 18.8. The zero-order valence-corrected chi connectivity index (χ0v) is 18.8. The second-order valence-corrected chi connectivity index (χ2v) is 8.60. The van der Waals surface area contributed by atoms with Crippen LogP contribution in [0.1, 0.15) is 38.3 Å². The molecule has 3 aromatic rings. The molecule has 3 amide bonds. The maximum absolute atomic E-state index is 12.8. The number of imide groups is 1. The summed E-state index contributed by atoms with van der Waals surface area (Å²) in [6.07, 6.45) is 0.0822. The van der Waals surface area contributed by atoms with Crippen molar-refractivity contribution < 1.29 is 23.9 Å². The van der Waals surface area contributed by atoms with Crippen molar-refractivity contribution in [1.29, 1.82) is 0 Å². The molecule has 0 bridgehead atoms. The van der Waals surface area contributed by atoms with Crippen LogP contribution in [-0.4, -0.2) is 30.2 Å². The third-order valence-electron chi connectivity index (χ3n) is 6.23. The van der Waals surface area contributed by atoms with Gasteiger partial charge in [-0.15, -0.1) is 0 Å². The van der Waals surface area contributed by atoms with Gasteiger partial charge in [0.25, 0.3) is 11.8 Å². The van der Waals surface area contributed by atoms with Gasteiger partial charge in [-0.3, -0.25) is 19.2 Å². The van der Waals surface area contributed by atoms with E-state index < -0.39 is 11.9 Å². The summed E-state index contributed by atoms with van der Waals surface area (Å²) in [5.74, 6) is -1.66. The van der Waals surface area contributed by atoms with Crippen molar-refractivity contribution in [3.8, 4) is 5.75 Å². The summed E-state index contributed by atoms with van der Waals surface area (Å²) in [7, 11) is 0. The predicted molar refractivity (Wildman–Crippen MR) is 126 cm³/mol. The number of carbonyl (C=O) groups excluding carboxylic acids is 4. The molecule has 1 fully saturated rings. The Morgan fingerprint density at radius 1 is 0.882 bits per heavy atom. The monoisotopic (exact) mass is 454 g/mol. The van der Waals surface area contributed by atoms with E-state index in [4.69, 9.17) is 4.74 Å². The van der Waals surface area contributed by atoms with Gasteiger partial charge in [0.05, 0.1) is 22.7 Å². The molecule has 0 unspecified atom stereocenters. The summed E-state index contributed by atoms with van der Waals surface area (Å²) in [6.45, 7) is 3.97. The largest absolute Gasteiger partial charge is 0.426 e. The van der Waals surface area contributed by atoms with E-state index >= 15 is 0 Å². The average Bonchev–Trinajstić information content (AvgIpc) is 3.33. The van der Waals surface area contributed by atoms with Crippen molar-refractivity contribution in [2.24, 2.45) is 5.92 Å². The Balaban J connectivity index is 1.30. The average molecular weight is 454 g/mol. The minimum Gasteiger partial charge on any atom is -0.426 e. The van der Waals surface area contributed by atoms with Gasteiger partial charge < -0.3 is 9.64 Å².